The smallest absolute Gasteiger partial charge is 0.309 e. The minimum atomic E-state index is -0.977. The van der Waals surface area contributed by atoms with Gasteiger partial charge in [-0.25, -0.2) is 4.39 Å². The van der Waals surface area contributed by atoms with Crippen molar-refractivity contribution >= 4 is 5.97 Å². The van der Waals surface area contributed by atoms with Gasteiger partial charge in [-0.1, -0.05) is 6.07 Å². The molecule has 15 heavy (non-hydrogen) atoms. The normalized spacial score (nSPS) is 11.4. The second-order valence-electron chi connectivity index (χ2n) is 4.14. The fraction of sp³-hybridized carbons (Fsp3) is 0.364. The lowest BCUT2D eigenvalue weighted by molar-refractivity contribution is -0.146. The molecule has 0 radical (unpaired) electrons. The van der Waals surface area contributed by atoms with Crippen molar-refractivity contribution in [1.29, 1.82) is 0 Å². The van der Waals surface area contributed by atoms with Crippen LogP contribution in [0.4, 0.5) is 4.39 Å². The molecule has 2 N–H and O–H groups in total. The Morgan fingerprint density at radius 3 is 2.53 bits per heavy atom. The molecule has 4 heteroatoms. The Kier molecular flexibility index (Phi) is 2.98. The molecule has 1 aromatic carbocycles. The van der Waals surface area contributed by atoms with Crippen LogP contribution in [-0.4, -0.2) is 16.2 Å². The largest absolute Gasteiger partial charge is 0.508 e. The van der Waals surface area contributed by atoms with Crippen LogP contribution in [0.2, 0.25) is 0 Å². The van der Waals surface area contributed by atoms with Crippen LogP contribution in [0.1, 0.15) is 19.4 Å². The number of carbonyl (C=O) groups is 1. The number of halogens is 1. The molecule has 82 valence electrons. The standard InChI is InChI=1S/C11H13FO3/c1-11(2,10(14)15)6-7-3-4-8(12)5-9(7)13/h3-5,13H,6H2,1-2H3,(H,14,15). The van der Waals surface area contributed by atoms with E-state index < -0.39 is 17.2 Å². The van der Waals surface area contributed by atoms with Gasteiger partial charge in [0.05, 0.1) is 5.41 Å². The van der Waals surface area contributed by atoms with E-state index >= 15 is 0 Å². The Bertz CT molecular complexity index is 385. The summed E-state index contributed by atoms with van der Waals surface area (Å²) in [4.78, 5) is 10.8. The molecule has 0 unspecified atom stereocenters. The minimum absolute atomic E-state index is 0.161. The van der Waals surface area contributed by atoms with Crippen LogP contribution in [0.3, 0.4) is 0 Å². The third-order valence-electron chi connectivity index (χ3n) is 2.26. The predicted octanol–water partition coefficient (Wildman–Crippen LogP) is 2.18. The second-order valence-corrected chi connectivity index (χ2v) is 4.14. The van der Waals surface area contributed by atoms with Crippen LogP contribution >= 0.6 is 0 Å². The second kappa shape index (κ2) is 3.88. The number of hydrogen-bond donors (Lipinski definition) is 2. The zero-order valence-electron chi connectivity index (χ0n) is 8.62. The molecule has 1 aromatic rings. The highest BCUT2D eigenvalue weighted by Gasteiger charge is 2.28. The van der Waals surface area contributed by atoms with Crippen molar-refractivity contribution in [2.75, 3.05) is 0 Å². The van der Waals surface area contributed by atoms with E-state index in [4.69, 9.17) is 5.11 Å². The monoisotopic (exact) mass is 212 g/mol. The maximum Gasteiger partial charge on any atom is 0.309 e. The number of hydrogen-bond acceptors (Lipinski definition) is 2. The van der Waals surface area contributed by atoms with Crippen LogP contribution in [0, 0.1) is 11.2 Å². The SMILES string of the molecule is CC(C)(Cc1ccc(F)cc1O)C(=O)O. The van der Waals surface area contributed by atoms with Gasteiger partial charge in [-0.3, -0.25) is 4.79 Å². The molecule has 1 rings (SSSR count). The van der Waals surface area contributed by atoms with E-state index in [1.807, 2.05) is 0 Å². The quantitative estimate of drug-likeness (QED) is 0.807. The van der Waals surface area contributed by atoms with E-state index in [9.17, 15) is 14.3 Å². The van der Waals surface area contributed by atoms with Gasteiger partial charge in [-0.2, -0.15) is 0 Å². The van der Waals surface area contributed by atoms with E-state index in [-0.39, 0.29) is 12.2 Å². The number of benzene rings is 1. The average Bonchev–Trinajstić information content (AvgIpc) is 2.09. The predicted molar refractivity (Wildman–Crippen MR) is 53.2 cm³/mol. The van der Waals surface area contributed by atoms with Crippen LogP contribution < -0.4 is 0 Å². The summed E-state index contributed by atoms with van der Waals surface area (Å²) in [6, 6.07) is 3.58. The molecule has 0 bridgehead atoms. The number of aliphatic carboxylic acids is 1. The fourth-order valence-corrected chi connectivity index (χ4v) is 1.24. The van der Waals surface area contributed by atoms with E-state index in [1.54, 1.807) is 13.8 Å². The zero-order chi connectivity index (χ0) is 11.6. The van der Waals surface area contributed by atoms with Gasteiger partial charge in [0, 0.05) is 6.07 Å². The Hall–Kier alpha value is -1.58. The van der Waals surface area contributed by atoms with Crippen LogP contribution in [0.5, 0.6) is 5.75 Å². The maximum absolute atomic E-state index is 12.7. The summed E-state index contributed by atoms with van der Waals surface area (Å²) in [5.41, 5.74) is -0.543. The zero-order valence-corrected chi connectivity index (χ0v) is 8.62. The van der Waals surface area contributed by atoms with E-state index in [0.717, 1.165) is 6.07 Å². The first-order valence-corrected chi connectivity index (χ1v) is 4.54. The van der Waals surface area contributed by atoms with Gasteiger partial charge >= 0.3 is 5.97 Å². The van der Waals surface area contributed by atoms with Crippen molar-refractivity contribution in [2.45, 2.75) is 20.3 Å². The van der Waals surface area contributed by atoms with Crippen molar-refractivity contribution < 1.29 is 19.4 Å². The first-order chi connectivity index (χ1) is 6.83. The lowest BCUT2D eigenvalue weighted by Crippen LogP contribution is -2.26. The molecule has 0 saturated carbocycles. The molecule has 0 spiro atoms. The van der Waals surface area contributed by atoms with Gasteiger partial charge in [-0.15, -0.1) is 0 Å². The first kappa shape index (κ1) is 11.5. The lowest BCUT2D eigenvalue weighted by atomic mass is 9.85. The average molecular weight is 212 g/mol. The summed E-state index contributed by atoms with van der Waals surface area (Å²) in [7, 11) is 0. The Labute approximate surface area is 87.2 Å². The van der Waals surface area contributed by atoms with Crippen LogP contribution in [0.15, 0.2) is 18.2 Å². The highest BCUT2D eigenvalue weighted by atomic mass is 19.1. The van der Waals surface area contributed by atoms with Crippen molar-refractivity contribution in [3.8, 4) is 5.75 Å². The summed E-state index contributed by atoms with van der Waals surface area (Å²) in [5.74, 6) is -1.69. The molecular weight excluding hydrogens is 199 g/mol. The lowest BCUT2D eigenvalue weighted by Gasteiger charge is -2.19. The highest BCUT2D eigenvalue weighted by molar-refractivity contribution is 5.74. The highest BCUT2D eigenvalue weighted by Crippen LogP contribution is 2.27. The topological polar surface area (TPSA) is 57.5 Å². The molecule has 0 fully saturated rings. The molecule has 0 aliphatic carbocycles. The Balaban J connectivity index is 2.95. The van der Waals surface area contributed by atoms with Crippen molar-refractivity contribution in [3.05, 3.63) is 29.6 Å². The Morgan fingerprint density at radius 2 is 2.07 bits per heavy atom. The van der Waals surface area contributed by atoms with Gasteiger partial charge < -0.3 is 10.2 Å². The summed E-state index contributed by atoms with van der Waals surface area (Å²) in [5, 5.41) is 18.3. The number of carboxylic acid groups (broad SMARTS) is 1. The summed E-state index contributed by atoms with van der Waals surface area (Å²) < 4.78 is 12.7. The third-order valence-corrected chi connectivity index (χ3v) is 2.26. The number of phenols is 1. The van der Waals surface area contributed by atoms with E-state index in [2.05, 4.69) is 0 Å². The summed E-state index contributed by atoms with van der Waals surface area (Å²) >= 11 is 0. The molecule has 0 aromatic heterocycles. The maximum atomic E-state index is 12.7. The fourth-order valence-electron chi connectivity index (χ4n) is 1.24. The molecule has 0 amide bonds. The van der Waals surface area contributed by atoms with E-state index in [0.29, 0.717) is 5.56 Å². The van der Waals surface area contributed by atoms with Gasteiger partial charge in [0.1, 0.15) is 11.6 Å². The summed E-state index contributed by atoms with van der Waals surface area (Å²) in [6.07, 6.45) is 0.161. The molecular formula is C11H13FO3. The first-order valence-electron chi connectivity index (χ1n) is 4.54. The van der Waals surface area contributed by atoms with Crippen LogP contribution in [0.25, 0.3) is 0 Å². The van der Waals surface area contributed by atoms with Gasteiger partial charge in [-0.05, 0) is 31.9 Å². The third kappa shape index (κ3) is 2.68. The molecule has 0 heterocycles. The van der Waals surface area contributed by atoms with Gasteiger partial charge in [0.15, 0.2) is 0 Å². The van der Waals surface area contributed by atoms with Crippen molar-refractivity contribution in [1.82, 2.24) is 0 Å². The van der Waals surface area contributed by atoms with Crippen molar-refractivity contribution in [3.63, 3.8) is 0 Å². The molecule has 0 aliphatic heterocycles. The van der Waals surface area contributed by atoms with Gasteiger partial charge in [0.2, 0.25) is 0 Å². The number of aromatic hydroxyl groups is 1. The summed E-state index contributed by atoms with van der Waals surface area (Å²) in [6.45, 7) is 3.11. The number of rotatable bonds is 3. The minimum Gasteiger partial charge on any atom is -0.508 e. The molecule has 0 aliphatic rings. The Morgan fingerprint density at radius 1 is 1.47 bits per heavy atom. The number of carboxylic acids is 1. The van der Waals surface area contributed by atoms with Crippen LogP contribution in [-0.2, 0) is 11.2 Å². The van der Waals surface area contributed by atoms with E-state index in [1.165, 1.54) is 12.1 Å². The van der Waals surface area contributed by atoms with Gasteiger partial charge in [0.25, 0.3) is 0 Å². The molecule has 0 atom stereocenters. The van der Waals surface area contributed by atoms with Crippen molar-refractivity contribution in [2.24, 2.45) is 5.41 Å². The molecule has 0 saturated heterocycles. The molecule has 3 nitrogen and oxygen atoms in total. The number of phenolic OH excluding ortho intramolecular Hbond substituents is 1.